The van der Waals surface area contributed by atoms with E-state index < -0.39 is 6.04 Å². The van der Waals surface area contributed by atoms with Crippen molar-refractivity contribution < 1.29 is 9.59 Å². The van der Waals surface area contributed by atoms with Crippen LogP contribution in [0.2, 0.25) is 0 Å². The average molecular weight is 241 g/mol. The molecule has 1 unspecified atom stereocenters. The summed E-state index contributed by atoms with van der Waals surface area (Å²) in [7, 11) is 0. The Bertz CT molecular complexity index is 281. The molecule has 5 nitrogen and oxygen atoms in total. The summed E-state index contributed by atoms with van der Waals surface area (Å²) in [6.45, 7) is 8.22. The van der Waals surface area contributed by atoms with Crippen molar-refractivity contribution in [2.45, 2.75) is 33.2 Å². The lowest BCUT2D eigenvalue weighted by atomic mass is 10.1. The second-order valence-corrected chi connectivity index (χ2v) is 5.09. The number of nitrogens with zero attached hydrogens (tertiary/aromatic N) is 2. The minimum Gasteiger partial charge on any atom is -0.339 e. The molecular weight excluding hydrogens is 218 g/mol. The van der Waals surface area contributed by atoms with Gasteiger partial charge in [0.15, 0.2) is 0 Å². The fraction of sp³-hybridized carbons (Fsp3) is 0.833. The van der Waals surface area contributed by atoms with Gasteiger partial charge in [-0.3, -0.25) is 9.59 Å². The van der Waals surface area contributed by atoms with Crippen molar-refractivity contribution in [3.05, 3.63) is 0 Å². The number of hydrogen-bond donors (Lipinski definition) is 1. The summed E-state index contributed by atoms with van der Waals surface area (Å²) in [5.74, 6) is 0.542. The van der Waals surface area contributed by atoms with Crippen molar-refractivity contribution in [3.8, 4) is 0 Å². The maximum absolute atomic E-state index is 11.8. The minimum atomic E-state index is -0.451. The molecule has 98 valence electrons. The first kappa shape index (κ1) is 14.0. The largest absolute Gasteiger partial charge is 0.339 e. The summed E-state index contributed by atoms with van der Waals surface area (Å²) in [5, 5.41) is 0. The van der Waals surface area contributed by atoms with Crippen molar-refractivity contribution >= 4 is 11.8 Å². The van der Waals surface area contributed by atoms with E-state index in [0.717, 1.165) is 0 Å². The molecule has 1 atom stereocenters. The summed E-state index contributed by atoms with van der Waals surface area (Å²) in [5.41, 5.74) is 5.56. The highest BCUT2D eigenvalue weighted by Crippen LogP contribution is 2.08. The van der Waals surface area contributed by atoms with E-state index in [0.29, 0.717) is 38.5 Å². The third kappa shape index (κ3) is 4.00. The standard InChI is InChI=1S/C12H23N3O2/c1-9(2)8-11(16)14-4-6-15(7-5-14)12(17)10(3)13/h9-10H,4-8,13H2,1-3H3. The topological polar surface area (TPSA) is 66.6 Å². The van der Waals surface area contributed by atoms with E-state index in [2.05, 4.69) is 0 Å². The van der Waals surface area contributed by atoms with Gasteiger partial charge in [0.1, 0.15) is 0 Å². The van der Waals surface area contributed by atoms with Crippen molar-refractivity contribution in [1.82, 2.24) is 9.80 Å². The lowest BCUT2D eigenvalue weighted by Gasteiger charge is -2.35. The number of amides is 2. The molecule has 0 bridgehead atoms. The molecular formula is C12H23N3O2. The van der Waals surface area contributed by atoms with Gasteiger partial charge in [-0.25, -0.2) is 0 Å². The third-order valence-corrected chi connectivity index (χ3v) is 2.92. The third-order valence-electron chi connectivity index (χ3n) is 2.92. The molecule has 1 saturated heterocycles. The first-order valence-corrected chi connectivity index (χ1v) is 6.24. The SMILES string of the molecule is CC(C)CC(=O)N1CCN(C(=O)C(C)N)CC1. The Hall–Kier alpha value is -1.10. The molecule has 0 saturated carbocycles. The van der Waals surface area contributed by atoms with Gasteiger partial charge in [0.2, 0.25) is 11.8 Å². The van der Waals surface area contributed by atoms with Crippen LogP contribution in [0, 0.1) is 5.92 Å². The molecule has 17 heavy (non-hydrogen) atoms. The van der Waals surface area contributed by atoms with E-state index in [1.165, 1.54) is 0 Å². The van der Waals surface area contributed by atoms with Gasteiger partial charge in [-0.15, -0.1) is 0 Å². The summed E-state index contributed by atoms with van der Waals surface area (Å²) >= 11 is 0. The Morgan fingerprint density at radius 3 is 1.94 bits per heavy atom. The summed E-state index contributed by atoms with van der Waals surface area (Å²) in [4.78, 5) is 27.0. The van der Waals surface area contributed by atoms with Crippen LogP contribution in [0.25, 0.3) is 0 Å². The van der Waals surface area contributed by atoms with Crippen LogP contribution in [0.1, 0.15) is 27.2 Å². The maximum Gasteiger partial charge on any atom is 0.239 e. The first-order valence-electron chi connectivity index (χ1n) is 6.24. The van der Waals surface area contributed by atoms with E-state index in [9.17, 15) is 9.59 Å². The molecule has 5 heteroatoms. The molecule has 0 radical (unpaired) electrons. The molecule has 0 aromatic rings. The van der Waals surface area contributed by atoms with E-state index in [4.69, 9.17) is 5.73 Å². The van der Waals surface area contributed by atoms with Gasteiger partial charge in [-0.2, -0.15) is 0 Å². The molecule has 1 aliphatic heterocycles. The Morgan fingerprint density at radius 1 is 1.06 bits per heavy atom. The van der Waals surface area contributed by atoms with Gasteiger partial charge in [0.25, 0.3) is 0 Å². The van der Waals surface area contributed by atoms with Gasteiger partial charge in [0, 0.05) is 32.6 Å². The van der Waals surface area contributed by atoms with Crippen molar-refractivity contribution in [1.29, 1.82) is 0 Å². The summed E-state index contributed by atoms with van der Waals surface area (Å²) in [6, 6.07) is -0.451. The second-order valence-electron chi connectivity index (χ2n) is 5.09. The number of rotatable bonds is 3. The Balaban J connectivity index is 2.40. The quantitative estimate of drug-likeness (QED) is 0.759. The number of nitrogens with two attached hydrogens (primary N) is 1. The normalized spacial score (nSPS) is 18.4. The van der Waals surface area contributed by atoms with Crippen LogP contribution >= 0.6 is 0 Å². The fourth-order valence-electron chi connectivity index (χ4n) is 1.94. The highest BCUT2D eigenvalue weighted by Gasteiger charge is 2.25. The highest BCUT2D eigenvalue weighted by atomic mass is 16.2. The van der Waals surface area contributed by atoms with Crippen LogP contribution < -0.4 is 5.73 Å². The molecule has 0 aromatic heterocycles. The lowest BCUT2D eigenvalue weighted by molar-refractivity contribution is -0.140. The zero-order chi connectivity index (χ0) is 13.0. The van der Waals surface area contributed by atoms with E-state index in [-0.39, 0.29) is 11.8 Å². The lowest BCUT2D eigenvalue weighted by Crippen LogP contribution is -2.53. The van der Waals surface area contributed by atoms with E-state index >= 15 is 0 Å². The molecule has 2 N–H and O–H groups in total. The fourth-order valence-corrected chi connectivity index (χ4v) is 1.94. The molecule has 1 heterocycles. The zero-order valence-corrected chi connectivity index (χ0v) is 11.0. The number of carbonyl (C=O) groups excluding carboxylic acids is 2. The molecule has 2 amide bonds. The molecule has 1 rings (SSSR count). The monoisotopic (exact) mass is 241 g/mol. The van der Waals surface area contributed by atoms with Crippen molar-refractivity contribution in [2.24, 2.45) is 11.7 Å². The van der Waals surface area contributed by atoms with Crippen LogP contribution in [-0.2, 0) is 9.59 Å². The van der Waals surface area contributed by atoms with Crippen molar-refractivity contribution in [3.63, 3.8) is 0 Å². The average Bonchev–Trinajstić information content (AvgIpc) is 2.27. The summed E-state index contributed by atoms with van der Waals surface area (Å²) in [6.07, 6.45) is 0.585. The Labute approximate surface area is 103 Å². The van der Waals surface area contributed by atoms with Crippen LogP contribution in [-0.4, -0.2) is 53.8 Å². The van der Waals surface area contributed by atoms with Crippen molar-refractivity contribution in [2.75, 3.05) is 26.2 Å². The Kier molecular flexibility index (Phi) is 4.93. The van der Waals surface area contributed by atoms with Gasteiger partial charge in [-0.1, -0.05) is 13.8 Å². The predicted molar refractivity (Wildman–Crippen MR) is 66.3 cm³/mol. The van der Waals surface area contributed by atoms with Crippen LogP contribution in [0.5, 0.6) is 0 Å². The van der Waals surface area contributed by atoms with Gasteiger partial charge < -0.3 is 15.5 Å². The number of carbonyl (C=O) groups is 2. The number of piperazine rings is 1. The molecule has 1 fully saturated rings. The smallest absolute Gasteiger partial charge is 0.239 e. The van der Waals surface area contributed by atoms with Crippen LogP contribution in [0.15, 0.2) is 0 Å². The molecule has 0 spiro atoms. The minimum absolute atomic E-state index is 0.0269. The molecule has 1 aliphatic rings. The maximum atomic E-state index is 11.8. The molecule has 0 aromatic carbocycles. The van der Waals surface area contributed by atoms with Crippen LogP contribution in [0.4, 0.5) is 0 Å². The van der Waals surface area contributed by atoms with E-state index in [1.54, 1.807) is 11.8 Å². The second kappa shape index (κ2) is 6.00. The number of hydrogen-bond acceptors (Lipinski definition) is 3. The van der Waals surface area contributed by atoms with Gasteiger partial charge in [-0.05, 0) is 12.8 Å². The zero-order valence-electron chi connectivity index (χ0n) is 11.0. The Morgan fingerprint density at radius 2 is 1.53 bits per heavy atom. The highest BCUT2D eigenvalue weighted by molar-refractivity contribution is 5.82. The van der Waals surface area contributed by atoms with Gasteiger partial charge >= 0.3 is 0 Å². The predicted octanol–water partition coefficient (Wildman–Crippen LogP) is 0.0505. The van der Waals surface area contributed by atoms with E-state index in [1.807, 2.05) is 18.7 Å². The van der Waals surface area contributed by atoms with Gasteiger partial charge in [0.05, 0.1) is 6.04 Å². The molecule has 0 aliphatic carbocycles. The first-order chi connectivity index (χ1) is 7.91. The van der Waals surface area contributed by atoms with Crippen LogP contribution in [0.3, 0.4) is 0 Å². The summed E-state index contributed by atoms with van der Waals surface area (Å²) < 4.78 is 0.